The van der Waals surface area contributed by atoms with Gasteiger partial charge in [-0.15, -0.1) is 6.58 Å². The van der Waals surface area contributed by atoms with Crippen molar-refractivity contribution in [3.8, 4) is 0 Å². The molecule has 0 aromatic heterocycles. The molecule has 2 atom stereocenters. The van der Waals surface area contributed by atoms with Gasteiger partial charge in [-0.1, -0.05) is 50.3 Å². The number of nitrogens with zero attached hydrogens (tertiary/aromatic N) is 1. The lowest BCUT2D eigenvalue weighted by atomic mass is 9.70. The second-order valence-electron chi connectivity index (χ2n) is 8.32. The molecule has 0 heterocycles. The van der Waals surface area contributed by atoms with E-state index in [-0.39, 0.29) is 17.0 Å². The molecule has 2 aliphatic rings. The third-order valence-electron chi connectivity index (χ3n) is 6.75. The van der Waals surface area contributed by atoms with Crippen molar-refractivity contribution in [2.75, 3.05) is 12.3 Å². The Labute approximate surface area is 157 Å². The number of Topliss-reactive ketones (excluding diaryl/α,β-unsaturated/α-hetero) is 1. The van der Waals surface area contributed by atoms with Crippen LogP contribution in [0.25, 0.3) is 0 Å². The minimum atomic E-state index is -3.56. The zero-order valence-corrected chi connectivity index (χ0v) is 16.6. The number of hydrogen-bond donors (Lipinski definition) is 0. The summed E-state index contributed by atoms with van der Waals surface area (Å²) in [5.74, 6) is 0.401. The summed E-state index contributed by atoms with van der Waals surface area (Å²) in [5, 5.41) is 0. The predicted octanol–water partition coefficient (Wildman–Crippen LogP) is 3.79. The normalized spacial score (nSPS) is 27.2. The van der Waals surface area contributed by atoms with Gasteiger partial charge >= 0.3 is 0 Å². The summed E-state index contributed by atoms with van der Waals surface area (Å²) in [6.07, 6.45) is 4.53. The van der Waals surface area contributed by atoms with Gasteiger partial charge in [0.25, 0.3) is 0 Å². The van der Waals surface area contributed by atoms with Crippen molar-refractivity contribution in [1.82, 2.24) is 4.31 Å². The second kappa shape index (κ2) is 6.93. The molecule has 142 valence electrons. The summed E-state index contributed by atoms with van der Waals surface area (Å²) in [5.41, 5.74) is -0.00730. The molecule has 0 N–H and O–H groups in total. The molecular formula is C21H29NO3S. The van der Waals surface area contributed by atoms with Gasteiger partial charge in [0.15, 0.2) is 0 Å². The zero-order valence-electron chi connectivity index (χ0n) is 15.8. The smallest absolute Gasteiger partial charge is 0.215 e. The highest BCUT2D eigenvalue weighted by molar-refractivity contribution is 7.89. The van der Waals surface area contributed by atoms with Crippen molar-refractivity contribution in [2.24, 2.45) is 16.7 Å². The number of rotatable bonds is 8. The van der Waals surface area contributed by atoms with Gasteiger partial charge in [-0.25, -0.2) is 8.42 Å². The van der Waals surface area contributed by atoms with E-state index in [9.17, 15) is 13.2 Å². The molecular weight excluding hydrogens is 346 g/mol. The van der Waals surface area contributed by atoms with Gasteiger partial charge in [0.1, 0.15) is 5.78 Å². The largest absolute Gasteiger partial charge is 0.299 e. The van der Waals surface area contributed by atoms with Crippen LogP contribution in [-0.2, 0) is 21.4 Å². The van der Waals surface area contributed by atoms with E-state index in [0.717, 1.165) is 12.0 Å². The maximum Gasteiger partial charge on any atom is 0.215 e. The number of carbonyl (C=O) groups excluding carboxylic acids is 1. The molecule has 0 spiro atoms. The van der Waals surface area contributed by atoms with Crippen LogP contribution in [0, 0.1) is 16.7 Å². The lowest BCUT2D eigenvalue weighted by molar-refractivity contribution is -0.128. The summed E-state index contributed by atoms with van der Waals surface area (Å²) < 4.78 is 28.2. The maximum absolute atomic E-state index is 13.4. The Hall–Kier alpha value is -1.46. The quantitative estimate of drug-likeness (QED) is 0.650. The topological polar surface area (TPSA) is 54.5 Å². The number of carbonyl (C=O) groups is 1. The van der Waals surface area contributed by atoms with Crippen LogP contribution < -0.4 is 0 Å². The van der Waals surface area contributed by atoms with Gasteiger partial charge in [-0.05, 0) is 36.2 Å². The average Bonchev–Trinajstić information content (AvgIpc) is 2.93. The Morgan fingerprint density at radius 2 is 1.96 bits per heavy atom. The van der Waals surface area contributed by atoms with E-state index in [4.69, 9.17) is 0 Å². The van der Waals surface area contributed by atoms with E-state index >= 15 is 0 Å². The lowest BCUT2D eigenvalue weighted by Crippen LogP contribution is -2.46. The lowest BCUT2D eigenvalue weighted by Gasteiger charge is -2.37. The van der Waals surface area contributed by atoms with Crippen LogP contribution in [0.2, 0.25) is 0 Å². The van der Waals surface area contributed by atoms with Crippen LogP contribution in [0.4, 0.5) is 0 Å². The van der Waals surface area contributed by atoms with E-state index in [0.29, 0.717) is 38.3 Å². The summed E-state index contributed by atoms with van der Waals surface area (Å²) in [4.78, 5) is 12.7. The summed E-state index contributed by atoms with van der Waals surface area (Å²) in [6.45, 7) is 8.62. The Kier molecular flexibility index (Phi) is 5.15. The molecule has 2 aliphatic carbocycles. The van der Waals surface area contributed by atoms with Gasteiger partial charge in [-0.2, -0.15) is 4.31 Å². The molecule has 2 fully saturated rings. The Balaban J connectivity index is 1.88. The van der Waals surface area contributed by atoms with Crippen LogP contribution in [0.15, 0.2) is 43.0 Å². The fourth-order valence-corrected chi connectivity index (χ4v) is 7.06. The highest BCUT2D eigenvalue weighted by Crippen LogP contribution is 2.64. The Morgan fingerprint density at radius 1 is 1.27 bits per heavy atom. The highest BCUT2D eigenvalue weighted by atomic mass is 32.2. The summed E-state index contributed by atoms with van der Waals surface area (Å²) in [7, 11) is -3.56. The maximum atomic E-state index is 13.4. The molecule has 26 heavy (non-hydrogen) atoms. The van der Waals surface area contributed by atoms with Crippen LogP contribution in [0.3, 0.4) is 0 Å². The standard InChI is InChI=1S/C21H29NO3S/c1-4-5-13-22(15-17-9-7-6-8-10-17)26(24,25)16-21-12-11-18(14-19(21)23)20(21,2)3/h4,6-10,18H,1,5,11-16H2,2-3H3/t18?,21-/m0/s1. The molecule has 4 nitrogen and oxygen atoms in total. The van der Waals surface area contributed by atoms with Crippen LogP contribution >= 0.6 is 0 Å². The molecule has 1 unspecified atom stereocenters. The van der Waals surface area contributed by atoms with E-state index in [2.05, 4.69) is 20.4 Å². The molecule has 2 saturated carbocycles. The number of benzene rings is 1. The molecule has 3 rings (SSSR count). The van der Waals surface area contributed by atoms with Crippen LogP contribution in [0.5, 0.6) is 0 Å². The SMILES string of the molecule is C=CCCN(Cc1ccccc1)S(=O)(=O)C[C@@]12CCC(CC1=O)C2(C)C. The van der Waals surface area contributed by atoms with Crippen molar-refractivity contribution in [2.45, 2.75) is 46.1 Å². The average molecular weight is 376 g/mol. The number of hydrogen-bond acceptors (Lipinski definition) is 3. The molecule has 0 radical (unpaired) electrons. The van der Waals surface area contributed by atoms with E-state index in [1.807, 2.05) is 30.3 Å². The van der Waals surface area contributed by atoms with E-state index in [1.165, 1.54) is 4.31 Å². The van der Waals surface area contributed by atoms with Gasteiger partial charge in [-0.3, -0.25) is 4.79 Å². The fourth-order valence-electron chi connectivity index (χ4n) is 4.85. The third kappa shape index (κ3) is 3.16. The van der Waals surface area contributed by atoms with Gasteiger partial charge < -0.3 is 0 Å². The molecule has 5 heteroatoms. The first-order valence-corrected chi connectivity index (χ1v) is 11.0. The van der Waals surface area contributed by atoms with Crippen molar-refractivity contribution >= 4 is 15.8 Å². The highest BCUT2D eigenvalue weighted by Gasteiger charge is 2.65. The number of fused-ring (bicyclic) bond motifs is 2. The van der Waals surface area contributed by atoms with Crippen LogP contribution in [-0.4, -0.2) is 30.8 Å². The van der Waals surface area contributed by atoms with Crippen molar-refractivity contribution in [1.29, 1.82) is 0 Å². The molecule has 1 aromatic carbocycles. The Bertz CT molecular complexity index is 785. The number of sulfonamides is 1. The summed E-state index contributed by atoms with van der Waals surface area (Å²) in [6, 6.07) is 9.62. The zero-order chi connectivity index (χ0) is 19.0. The van der Waals surface area contributed by atoms with Gasteiger partial charge in [0.2, 0.25) is 10.0 Å². The van der Waals surface area contributed by atoms with Crippen molar-refractivity contribution in [3.05, 3.63) is 48.6 Å². The first-order valence-electron chi connectivity index (χ1n) is 9.39. The second-order valence-corrected chi connectivity index (χ2v) is 10.3. The predicted molar refractivity (Wildman–Crippen MR) is 104 cm³/mol. The van der Waals surface area contributed by atoms with Gasteiger partial charge in [0, 0.05) is 24.9 Å². The minimum Gasteiger partial charge on any atom is -0.299 e. The molecule has 0 amide bonds. The Morgan fingerprint density at radius 3 is 2.50 bits per heavy atom. The third-order valence-corrected chi connectivity index (χ3v) is 8.70. The molecule has 1 aromatic rings. The van der Waals surface area contributed by atoms with Crippen molar-refractivity contribution in [3.63, 3.8) is 0 Å². The fraction of sp³-hybridized carbons (Fsp3) is 0.571. The first kappa shape index (κ1) is 19.3. The monoisotopic (exact) mass is 375 g/mol. The summed E-state index contributed by atoms with van der Waals surface area (Å²) >= 11 is 0. The minimum absolute atomic E-state index is 0.0632. The van der Waals surface area contributed by atoms with E-state index in [1.54, 1.807) is 6.08 Å². The molecule has 0 aliphatic heterocycles. The van der Waals surface area contributed by atoms with Crippen molar-refractivity contribution < 1.29 is 13.2 Å². The van der Waals surface area contributed by atoms with Gasteiger partial charge in [0.05, 0.1) is 5.75 Å². The molecule has 0 saturated heterocycles. The molecule has 2 bridgehead atoms. The first-order chi connectivity index (χ1) is 12.2. The van der Waals surface area contributed by atoms with Crippen LogP contribution in [0.1, 0.15) is 45.1 Å². The van der Waals surface area contributed by atoms with E-state index < -0.39 is 15.4 Å². The number of ketones is 1.